The molecule has 0 amide bonds. The Balaban J connectivity index is 1.46. The molecule has 0 unspecified atom stereocenters. The molecule has 1 N–H and O–H groups in total. The Morgan fingerprint density at radius 2 is 2.15 bits per heavy atom. The third kappa shape index (κ3) is 6.46. The van der Waals surface area contributed by atoms with Gasteiger partial charge in [0, 0.05) is 25.1 Å². The summed E-state index contributed by atoms with van der Waals surface area (Å²) in [7, 11) is 2.05. The summed E-state index contributed by atoms with van der Waals surface area (Å²) in [5.74, 6) is 2.33. The molecule has 1 aliphatic rings. The summed E-state index contributed by atoms with van der Waals surface area (Å²) in [5.41, 5.74) is 2.08. The van der Waals surface area contributed by atoms with Crippen LogP contribution in [0.3, 0.4) is 0 Å². The van der Waals surface area contributed by atoms with Crippen molar-refractivity contribution in [3.8, 4) is 11.5 Å². The van der Waals surface area contributed by atoms with Gasteiger partial charge in [0.2, 0.25) is 0 Å². The first-order chi connectivity index (χ1) is 16.1. The predicted molar refractivity (Wildman–Crippen MR) is 127 cm³/mol. The first-order valence-corrected chi connectivity index (χ1v) is 12.3. The van der Waals surface area contributed by atoms with Gasteiger partial charge in [0.25, 0.3) is 0 Å². The van der Waals surface area contributed by atoms with Gasteiger partial charge in [-0.2, -0.15) is 0 Å². The zero-order valence-electron chi connectivity index (χ0n) is 19.2. The molecular weight excluding hydrogens is 438 g/mol. The minimum Gasteiger partial charge on any atom is -0.504 e. The number of aromatic nitrogens is 4. The quantitative estimate of drug-likeness (QED) is 0.424. The number of phenols is 1. The average molecular weight is 470 g/mol. The molecule has 1 fully saturated rings. The van der Waals surface area contributed by atoms with Crippen LogP contribution in [0.15, 0.2) is 47.8 Å². The Bertz CT molecular complexity index is 1020. The standard InChI is InChI=1S/C24H31N5O3S/c1-3-31-22-13-18(9-10-21(22)30)14-28(2)16-23-26-27-24(29(23)15-20-8-6-12-32-20)33-17-19-7-4-5-11-25-19/h4-5,7,9-11,13,20,30H,3,6,8,12,14-17H2,1-2H3/t20-/m1/s1. The summed E-state index contributed by atoms with van der Waals surface area (Å²) in [6.07, 6.45) is 4.17. The monoisotopic (exact) mass is 469 g/mol. The van der Waals surface area contributed by atoms with Crippen molar-refractivity contribution in [2.75, 3.05) is 20.3 Å². The smallest absolute Gasteiger partial charge is 0.191 e. The lowest BCUT2D eigenvalue weighted by Gasteiger charge is -2.19. The number of pyridine rings is 1. The molecule has 176 valence electrons. The fourth-order valence-corrected chi connectivity index (χ4v) is 4.76. The molecule has 1 saturated heterocycles. The third-order valence-corrected chi connectivity index (χ3v) is 6.47. The number of nitrogens with zero attached hydrogens (tertiary/aromatic N) is 5. The van der Waals surface area contributed by atoms with Crippen molar-refractivity contribution in [2.24, 2.45) is 0 Å². The Hall–Kier alpha value is -2.62. The van der Waals surface area contributed by atoms with Gasteiger partial charge < -0.3 is 19.1 Å². The van der Waals surface area contributed by atoms with E-state index in [-0.39, 0.29) is 11.9 Å². The van der Waals surface area contributed by atoms with Crippen LogP contribution in [-0.2, 0) is 30.1 Å². The van der Waals surface area contributed by atoms with Crippen LogP contribution in [0.25, 0.3) is 0 Å². The second-order valence-corrected chi connectivity index (χ2v) is 9.10. The summed E-state index contributed by atoms with van der Waals surface area (Å²) in [4.78, 5) is 6.60. The lowest BCUT2D eigenvalue weighted by atomic mass is 10.2. The van der Waals surface area contributed by atoms with Crippen LogP contribution in [-0.4, -0.2) is 56.1 Å². The summed E-state index contributed by atoms with van der Waals surface area (Å²) in [6.45, 7) is 5.34. The Kier molecular flexibility index (Phi) is 8.20. The van der Waals surface area contributed by atoms with E-state index in [4.69, 9.17) is 9.47 Å². The SMILES string of the molecule is CCOc1cc(CN(C)Cc2nnc(SCc3ccccn3)n2C[C@H]2CCCO2)ccc1O. The van der Waals surface area contributed by atoms with Crippen LogP contribution < -0.4 is 4.74 Å². The summed E-state index contributed by atoms with van der Waals surface area (Å²) < 4.78 is 13.6. The molecule has 0 spiro atoms. The van der Waals surface area contributed by atoms with Crippen molar-refractivity contribution in [3.05, 3.63) is 59.7 Å². The molecule has 0 aliphatic carbocycles. The molecule has 9 heteroatoms. The number of thioether (sulfide) groups is 1. The van der Waals surface area contributed by atoms with E-state index in [2.05, 4.69) is 31.7 Å². The molecule has 1 aromatic carbocycles. The second kappa shape index (κ2) is 11.5. The van der Waals surface area contributed by atoms with Gasteiger partial charge in [0.05, 0.1) is 31.5 Å². The first kappa shape index (κ1) is 23.5. The minimum atomic E-state index is 0.161. The van der Waals surface area contributed by atoms with Gasteiger partial charge in [-0.3, -0.25) is 9.88 Å². The van der Waals surface area contributed by atoms with Gasteiger partial charge in [-0.1, -0.05) is 23.9 Å². The summed E-state index contributed by atoms with van der Waals surface area (Å²) in [5, 5.41) is 19.9. The van der Waals surface area contributed by atoms with Crippen molar-refractivity contribution < 1.29 is 14.6 Å². The highest BCUT2D eigenvalue weighted by molar-refractivity contribution is 7.98. The lowest BCUT2D eigenvalue weighted by molar-refractivity contribution is 0.0934. The third-order valence-electron chi connectivity index (χ3n) is 5.47. The Morgan fingerprint density at radius 1 is 1.24 bits per heavy atom. The highest BCUT2D eigenvalue weighted by atomic mass is 32.2. The Labute approximate surface area is 199 Å². The molecule has 2 aromatic heterocycles. The largest absolute Gasteiger partial charge is 0.504 e. The van der Waals surface area contributed by atoms with Gasteiger partial charge in [0.15, 0.2) is 16.7 Å². The average Bonchev–Trinajstić information content (AvgIpc) is 3.46. The van der Waals surface area contributed by atoms with Gasteiger partial charge in [-0.15, -0.1) is 10.2 Å². The van der Waals surface area contributed by atoms with Crippen LogP contribution in [0.2, 0.25) is 0 Å². The summed E-state index contributed by atoms with van der Waals surface area (Å²) >= 11 is 1.65. The maximum Gasteiger partial charge on any atom is 0.191 e. The van der Waals surface area contributed by atoms with Crippen molar-refractivity contribution in [1.82, 2.24) is 24.6 Å². The molecule has 0 saturated carbocycles. The number of ether oxygens (including phenoxy) is 2. The highest BCUT2D eigenvalue weighted by Gasteiger charge is 2.22. The number of hydrogen-bond donors (Lipinski definition) is 1. The predicted octanol–water partition coefficient (Wildman–Crippen LogP) is 3.88. The molecule has 4 rings (SSSR count). The molecule has 33 heavy (non-hydrogen) atoms. The minimum absolute atomic E-state index is 0.161. The Morgan fingerprint density at radius 3 is 2.91 bits per heavy atom. The number of benzene rings is 1. The molecule has 1 aliphatic heterocycles. The molecular formula is C24H31N5O3S. The number of phenolic OH excluding ortho intramolecular Hbond substituents is 1. The van der Waals surface area contributed by atoms with Crippen LogP contribution in [0.5, 0.6) is 11.5 Å². The van der Waals surface area contributed by atoms with Crippen molar-refractivity contribution >= 4 is 11.8 Å². The van der Waals surface area contributed by atoms with Crippen molar-refractivity contribution in [2.45, 2.75) is 56.4 Å². The van der Waals surface area contributed by atoms with Gasteiger partial charge in [-0.05, 0) is 56.6 Å². The number of hydrogen-bond acceptors (Lipinski definition) is 8. The van der Waals surface area contributed by atoms with E-state index in [1.54, 1.807) is 17.8 Å². The van der Waals surface area contributed by atoms with Crippen LogP contribution in [0.1, 0.15) is 36.8 Å². The molecule has 0 radical (unpaired) electrons. The van der Waals surface area contributed by atoms with Crippen molar-refractivity contribution in [1.29, 1.82) is 0 Å². The molecule has 1 atom stereocenters. The van der Waals surface area contributed by atoms with E-state index in [1.807, 2.05) is 43.5 Å². The zero-order chi connectivity index (χ0) is 23.0. The van der Waals surface area contributed by atoms with Crippen LogP contribution in [0.4, 0.5) is 0 Å². The lowest BCUT2D eigenvalue weighted by Crippen LogP contribution is -2.23. The van der Waals surface area contributed by atoms with Gasteiger partial charge in [0.1, 0.15) is 5.82 Å². The van der Waals surface area contributed by atoms with E-state index in [9.17, 15) is 5.11 Å². The van der Waals surface area contributed by atoms with E-state index >= 15 is 0 Å². The molecule has 0 bridgehead atoms. The fourth-order valence-electron chi connectivity index (χ4n) is 3.88. The highest BCUT2D eigenvalue weighted by Crippen LogP contribution is 2.28. The number of rotatable bonds is 11. The molecule has 3 heterocycles. The fraction of sp³-hybridized carbons (Fsp3) is 0.458. The van der Waals surface area contributed by atoms with E-state index < -0.39 is 0 Å². The van der Waals surface area contributed by atoms with Gasteiger partial charge >= 0.3 is 0 Å². The van der Waals surface area contributed by atoms with E-state index in [0.717, 1.165) is 54.0 Å². The normalized spacial score (nSPS) is 15.9. The topological polar surface area (TPSA) is 85.5 Å². The zero-order valence-corrected chi connectivity index (χ0v) is 20.0. The van der Waals surface area contributed by atoms with Crippen LogP contribution in [0, 0.1) is 0 Å². The maximum atomic E-state index is 9.96. The van der Waals surface area contributed by atoms with Gasteiger partial charge in [-0.25, -0.2) is 0 Å². The van der Waals surface area contributed by atoms with Crippen LogP contribution >= 0.6 is 11.8 Å². The number of aromatic hydroxyl groups is 1. The molecule has 3 aromatic rings. The maximum absolute atomic E-state index is 9.96. The second-order valence-electron chi connectivity index (χ2n) is 8.16. The first-order valence-electron chi connectivity index (χ1n) is 11.3. The van der Waals surface area contributed by atoms with E-state index in [1.165, 1.54) is 0 Å². The molecule has 8 nitrogen and oxygen atoms in total. The van der Waals surface area contributed by atoms with Crippen molar-refractivity contribution in [3.63, 3.8) is 0 Å². The van der Waals surface area contributed by atoms with E-state index in [0.29, 0.717) is 25.4 Å². The summed E-state index contributed by atoms with van der Waals surface area (Å²) in [6, 6.07) is 11.4.